The number of carbonyl (C=O) groups excluding carboxylic acids is 1. The Kier molecular flexibility index (Phi) is 5.32. The molecule has 1 aromatic carbocycles. The van der Waals surface area contributed by atoms with Gasteiger partial charge in [0.15, 0.2) is 6.10 Å². The summed E-state index contributed by atoms with van der Waals surface area (Å²) in [6.07, 6.45) is -0.466. The number of hydrogen-bond acceptors (Lipinski definition) is 3. The number of ether oxygens (including phenoxy) is 1. The highest BCUT2D eigenvalue weighted by molar-refractivity contribution is 5.87. The van der Waals surface area contributed by atoms with Crippen molar-refractivity contribution in [1.29, 1.82) is 0 Å². The molecule has 5 nitrogen and oxygen atoms in total. The fourth-order valence-corrected chi connectivity index (χ4v) is 1.61. The molecule has 0 bridgehead atoms. The second kappa shape index (κ2) is 6.76. The van der Waals surface area contributed by atoms with Gasteiger partial charge in [-0.25, -0.2) is 4.79 Å². The lowest BCUT2D eigenvalue weighted by Crippen LogP contribution is -2.43. The second-order valence-corrected chi connectivity index (χ2v) is 3.83. The van der Waals surface area contributed by atoms with E-state index < -0.39 is 24.0 Å². The van der Waals surface area contributed by atoms with E-state index in [2.05, 4.69) is 5.32 Å². The van der Waals surface area contributed by atoms with Crippen molar-refractivity contribution in [3.63, 3.8) is 0 Å². The minimum absolute atomic E-state index is 0.326. The molecule has 0 aliphatic rings. The van der Waals surface area contributed by atoms with Crippen LogP contribution < -0.4 is 5.32 Å². The van der Waals surface area contributed by atoms with E-state index in [4.69, 9.17) is 9.84 Å². The summed E-state index contributed by atoms with van der Waals surface area (Å²) < 4.78 is 5.12. The molecule has 1 amide bonds. The number of nitrogens with one attached hydrogen (secondary N) is 1. The summed E-state index contributed by atoms with van der Waals surface area (Å²) in [6, 6.07) is 8.05. The van der Waals surface area contributed by atoms with Crippen LogP contribution >= 0.6 is 0 Å². The van der Waals surface area contributed by atoms with Crippen molar-refractivity contribution in [1.82, 2.24) is 5.32 Å². The fraction of sp³-hybridized carbons (Fsp3) is 0.385. The predicted octanol–water partition coefficient (Wildman–Crippen LogP) is 1.35. The van der Waals surface area contributed by atoms with Crippen LogP contribution in [0, 0.1) is 0 Å². The molecule has 0 saturated heterocycles. The van der Waals surface area contributed by atoms with Gasteiger partial charge in [0.2, 0.25) is 0 Å². The minimum atomic E-state index is -1.05. The fourth-order valence-electron chi connectivity index (χ4n) is 1.61. The standard InChI is InChI=1S/C13H17NO4/c1-3-10(13(16)17)14-12(15)11(18-2)9-7-5-4-6-8-9/h4-8,10-11H,3H2,1-2H3,(H,14,15)(H,16,17)/t10-,11+/m0/s1. The van der Waals surface area contributed by atoms with Crippen LogP contribution in [0.5, 0.6) is 0 Å². The minimum Gasteiger partial charge on any atom is -0.480 e. The van der Waals surface area contributed by atoms with Crippen LogP contribution in [-0.2, 0) is 14.3 Å². The van der Waals surface area contributed by atoms with E-state index >= 15 is 0 Å². The van der Waals surface area contributed by atoms with Gasteiger partial charge in [0.1, 0.15) is 6.04 Å². The van der Waals surface area contributed by atoms with Gasteiger partial charge >= 0.3 is 5.97 Å². The molecule has 2 N–H and O–H groups in total. The molecule has 1 aromatic rings. The van der Waals surface area contributed by atoms with Crippen LogP contribution in [-0.4, -0.2) is 30.1 Å². The zero-order valence-corrected chi connectivity index (χ0v) is 10.4. The maximum atomic E-state index is 11.9. The first-order chi connectivity index (χ1) is 8.60. The highest BCUT2D eigenvalue weighted by Crippen LogP contribution is 2.16. The number of rotatable bonds is 6. The molecular weight excluding hydrogens is 234 g/mol. The molecule has 0 unspecified atom stereocenters. The number of benzene rings is 1. The number of amides is 1. The van der Waals surface area contributed by atoms with Gasteiger partial charge in [-0.15, -0.1) is 0 Å². The number of carbonyl (C=O) groups is 2. The summed E-state index contributed by atoms with van der Waals surface area (Å²) in [7, 11) is 1.42. The van der Waals surface area contributed by atoms with E-state index in [0.717, 1.165) is 0 Å². The summed E-state index contributed by atoms with van der Waals surface area (Å²) in [6.45, 7) is 1.70. The molecule has 0 aliphatic carbocycles. The second-order valence-electron chi connectivity index (χ2n) is 3.83. The van der Waals surface area contributed by atoms with Crippen LogP contribution in [0.4, 0.5) is 0 Å². The number of hydrogen-bond donors (Lipinski definition) is 2. The van der Waals surface area contributed by atoms with Crippen molar-refractivity contribution in [2.75, 3.05) is 7.11 Å². The van der Waals surface area contributed by atoms with Gasteiger partial charge in [0.05, 0.1) is 0 Å². The summed E-state index contributed by atoms with van der Waals surface area (Å²) >= 11 is 0. The van der Waals surface area contributed by atoms with Crippen molar-refractivity contribution in [3.05, 3.63) is 35.9 Å². The number of carboxylic acids is 1. The largest absolute Gasteiger partial charge is 0.480 e. The lowest BCUT2D eigenvalue weighted by Gasteiger charge is -2.18. The van der Waals surface area contributed by atoms with Gasteiger partial charge in [-0.1, -0.05) is 37.3 Å². The molecule has 0 aliphatic heterocycles. The maximum absolute atomic E-state index is 11.9. The lowest BCUT2D eigenvalue weighted by molar-refractivity contribution is -0.144. The van der Waals surface area contributed by atoms with E-state index in [1.54, 1.807) is 31.2 Å². The Labute approximate surface area is 106 Å². The third-order valence-electron chi connectivity index (χ3n) is 2.60. The Hall–Kier alpha value is -1.88. The molecule has 2 atom stereocenters. The van der Waals surface area contributed by atoms with Gasteiger partial charge in [0.25, 0.3) is 5.91 Å². The number of aliphatic carboxylic acids is 1. The molecule has 98 valence electrons. The molecule has 0 heterocycles. The van der Waals surface area contributed by atoms with Crippen molar-refractivity contribution in [3.8, 4) is 0 Å². The third-order valence-corrected chi connectivity index (χ3v) is 2.60. The van der Waals surface area contributed by atoms with E-state index in [0.29, 0.717) is 12.0 Å². The van der Waals surface area contributed by atoms with Crippen molar-refractivity contribution in [2.24, 2.45) is 0 Å². The molecule has 18 heavy (non-hydrogen) atoms. The monoisotopic (exact) mass is 251 g/mol. The summed E-state index contributed by atoms with van der Waals surface area (Å²) in [5, 5.41) is 11.3. The van der Waals surface area contributed by atoms with Crippen molar-refractivity contribution < 1.29 is 19.4 Å². The van der Waals surface area contributed by atoms with E-state index in [9.17, 15) is 9.59 Å². The average molecular weight is 251 g/mol. The first-order valence-corrected chi connectivity index (χ1v) is 5.71. The Balaban J connectivity index is 2.78. The van der Waals surface area contributed by atoms with E-state index in [-0.39, 0.29) is 0 Å². The molecule has 0 fully saturated rings. The quantitative estimate of drug-likeness (QED) is 0.800. The summed E-state index contributed by atoms with van der Waals surface area (Å²) in [4.78, 5) is 22.8. The predicted molar refractivity (Wildman–Crippen MR) is 66.0 cm³/mol. The van der Waals surface area contributed by atoms with Crippen LogP contribution in [0.3, 0.4) is 0 Å². The molecule has 5 heteroatoms. The van der Waals surface area contributed by atoms with Crippen LogP contribution in [0.1, 0.15) is 25.0 Å². The first kappa shape index (κ1) is 14.2. The highest BCUT2D eigenvalue weighted by atomic mass is 16.5. The van der Waals surface area contributed by atoms with Gasteiger partial charge < -0.3 is 15.2 Å². The topological polar surface area (TPSA) is 75.6 Å². The average Bonchev–Trinajstić information content (AvgIpc) is 2.37. The molecule has 0 spiro atoms. The van der Waals surface area contributed by atoms with Crippen LogP contribution in [0.15, 0.2) is 30.3 Å². The SMILES string of the molecule is CC[C@H](NC(=O)[C@H](OC)c1ccccc1)C(=O)O. The van der Waals surface area contributed by atoms with Gasteiger partial charge in [-0.3, -0.25) is 4.79 Å². The van der Waals surface area contributed by atoms with Crippen molar-refractivity contribution >= 4 is 11.9 Å². The van der Waals surface area contributed by atoms with Gasteiger partial charge in [-0.2, -0.15) is 0 Å². The number of methoxy groups -OCH3 is 1. The molecule has 0 aromatic heterocycles. The zero-order valence-electron chi connectivity index (χ0n) is 10.4. The lowest BCUT2D eigenvalue weighted by atomic mass is 10.1. The normalized spacial score (nSPS) is 13.7. The molecule has 0 saturated carbocycles. The Bertz CT molecular complexity index is 405. The smallest absolute Gasteiger partial charge is 0.326 e. The molecule has 1 rings (SSSR count). The Morgan fingerprint density at radius 1 is 1.33 bits per heavy atom. The Morgan fingerprint density at radius 3 is 2.39 bits per heavy atom. The first-order valence-electron chi connectivity index (χ1n) is 5.71. The third kappa shape index (κ3) is 3.56. The van der Waals surface area contributed by atoms with Crippen LogP contribution in [0.25, 0.3) is 0 Å². The van der Waals surface area contributed by atoms with Gasteiger partial charge in [0, 0.05) is 7.11 Å². The highest BCUT2D eigenvalue weighted by Gasteiger charge is 2.24. The Morgan fingerprint density at radius 2 is 1.94 bits per heavy atom. The van der Waals surface area contributed by atoms with Crippen molar-refractivity contribution in [2.45, 2.75) is 25.5 Å². The van der Waals surface area contributed by atoms with Gasteiger partial charge in [-0.05, 0) is 12.0 Å². The summed E-state index contributed by atoms with van der Waals surface area (Å²) in [5.74, 6) is -1.49. The number of carboxylic acid groups (broad SMARTS) is 1. The van der Waals surface area contributed by atoms with Crippen LogP contribution in [0.2, 0.25) is 0 Å². The van der Waals surface area contributed by atoms with E-state index in [1.165, 1.54) is 7.11 Å². The summed E-state index contributed by atoms with van der Waals surface area (Å²) in [5.41, 5.74) is 0.692. The van der Waals surface area contributed by atoms with E-state index in [1.807, 2.05) is 6.07 Å². The molecule has 0 radical (unpaired) electrons. The zero-order chi connectivity index (χ0) is 13.5. The molecular formula is C13H17NO4. The maximum Gasteiger partial charge on any atom is 0.326 e.